The number of benzene rings is 1. The first-order valence-corrected chi connectivity index (χ1v) is 7.29. The van der Waals surface area contributed by atoms with Gasteiger partial charge in [0, 0.05) is 19.3 Å². The predicted molar refractivity (Wildman–Crippen MR) is 86.2 cm³/mol. The van der Waals surface area contributed by atoms with Crippen LogP contribution in [0, 0.1) is 0 Å². The van der Waals surface area contributed by atoms with E-state index in [1.807, 2.05) is 38.1 Å². The molecule has 1 amide bonds. The largest absolute Gasteiger partial charge is 0.353 e. The maximum Gasteiger partial charge on any atom is 0.255 e. The Morgan fingerprint density at radius 2 is 1.95 bits per heavy atom. The molecule has 0 aliphatic heterocycles. The van der Waals surface area contributed by atoms with Crippen LogP contribution in [0.5, 0.6) is 0 Å². The second kappa shape index (κ2) is 7.09. The monoisotopic (exact) mass is 303 g/mol. The molecule has 5 heteroatoms. The molecule has 4 nitrogen and oxygen atoms in total. The minimum Gasteiger partial charge on any atom is -0.353 e. The summed E-state index contributed by atoms with van der Waals surface area (Å²) in [6, 6.07) is 9.24. The fraction of sp³-hybridized carbons (Fsp3) is 0.250. The minimum atomic E-state index is -0.0182. The zero-order chi connectivity index (χ0) is 15.2. The van der Waals surface area contributed by atoms with E-state index in [0.29, 0.717) is 23.7 Å². The van der Waals surface area contributed by atoms with E-state index in [2.05, 4.69) is 10.3 Å². The fourth-order valence-electron chi connectivity index (χ4n) is 2.04. The van der Waals surface area contributed by atoms with E-state index in [0.717, 1.165) is 11.4 Å². The van der Waals surface area contributed by atoms with Gasteiger partial charge in [-0.25, -0.2) is 0 Å². The van der Waals surface area contributed by atoms with Crippen LogP contribution in [0.1, 0.15) is 24.2 Å². The Hall–Kier alpha value is -2.07. The van der Waals surface area contributed by atoms with Crippen LogP contribution >= 0.6 is 11.6 Å². The van der Waals surface area contributed by atoms with E-state index in [4.69, 9.17) is 11.6 Å². The Morgan fingerprint density at radius 3 is 2.62 bits per heavy atom. The molecule has 2 rings (SSSR count). The van der Waals surface area contributed by atoms with E-state index in [-0.39, 0.29) is 5.91 Å². The maximum absolute atomic E-state index is 12.3. The van der Waals surface area contributed by atoms with Crippen molar-refractivity contribution in [2.75, 3.05) is 18.4 Å². The minimum absolute atomic E-state index is 0.0182. The lowest BCUT2D eigenvalue weighted by molar-refractivity contribution is 0.0772. The van der Waals surface area contributed by atoms with Crippen molar-refractivity contribution in [1.29, 1.82) is 0 Å². The zero-order valence-electron chi connectivity index (χ0n) is 12.1. The average Bonchev–Trinajstić information content (AvgIpc) is 2.51. The van der Waals surface area contributed by atoms with Crippen molar-refractivity contribution in [2.45, 2.75) is 13.8 Å². The third-order valence-electron chi connectivity index (χ3n) is 3.19. The predicted octanol–water partition coefficient (Wildman–Crippen LogP) is 3.96. The molecule has 110 valence electrons. The van der Waals surface area contributed by atoms with Crippen LogP contribution in [-0.2, 0) is 0 Å². The van der Waals surface area contributed by atoms with Gasteiger partial charge in [0.05, 0.1) is 28.2 Å². The van der Waals surface area contributed by atoms with E-state index in [9.17, 15) is 4.79 Å². The highest BCUT2D eigenvalue weighted by Crippen LogP contribution is 2.24. The molecular weight excluding hydrogens is 286 g/mol. The van der Waals surface area contributed by atoms with Crippen LogP contribution in [0.15, 0.2) is 42.7 Å². The third kappa shape index (κ3) is 3.73. The molecule has 0 spiro atoms. The lowest BCUT2D eigenvalue weighted by atomic mass is 10.2. The number of pyridine rings is 1. The SMILES string of the molecule is CCN(CC)C(=O)c1cncc(Nc2ccccc2Cl)c1. The Morgan fingerprint density at radius 1 is 1.24 bits per heavy atom. The van der Waals surface area contributed by atoms with Crippen LogP contribution in [0.2, 0.25) is 5.02 Å². The number of carbonyl (C=O) groups excluding carboxylic acids is 1. The van der Waals surface area contributed by atoms with Crippen molar-refractivity contribution < 1.29 is 4.79 Å². The lowest BCUT2D eigenvalue weighted by Gasteiger charge is -2.18. The molecule has 1 aromatic carbocycles. The van der Waals surface area contributed by atoms with Crippen LogP contribution < -0.4 is 5.32 Å². The van der Waals surface area contributed by atoms with Crippen LogP contribution in [0.3, 0.4) is 0 Å². The molecular formula is C16H18ClN3O. The highest BCUT2D eigenvalue weighted by atomic mass is 35.5. The van der Waals surface area contributed by atoms with Crippen LogP contribution in [-0.4, -0.2) is 28.9 Å². The number of hydrogen-bond donors (Lipinski definition) is 1. The van der Waals surface area contributed by atoms with Gasteiger partial charge in [-0.2, -0.15) is 0 Å². The highest BCUT2D eigenvalue weighted by Gasteiger charge is 2.13. The number of anilines is 2. The van der Waals surface area contributed by atoms with Gasteiger partial charge in [0.15, 0.2) is 0 Å². The van der Waals surface area contributed by atoms with Gasteiger partial charge >= 0.3 is 0 Å². The maximum atomic E-state index is 12.3. The van der Waals surface area contributed by atoms with Gasteiger partial charge in [0.25, 0.3) is 5.91 Å². The fourth-order valence-corrected chi connectivity index (χ4v) is 2.22. The molecule has 0 fully saturated rings. The topological polar surface area (TPSA) is 45.2 Å². The molecule has 21 heavy (non-hydrogen) atoms. The molecule has 1 N–H and O–H groups in total. The summed E-state index contributed by atoms with van der Waals surface area (Å²) in [4.78, 5) is 18.2. The van der Waals surface area contributed by atoms with Crippen molar-refractivity contribution in [3.63, 3.8) is 0 Å². The summed E-state index contributed by atoms with van der Waals surface area (Å²) in [5, 5.41) is 3.80. The molecule has 0 aliphatic rings. The summed E-state index contributed by atoms with van der Waals surface area (Å²) >= 11 is 6.11. The normalized spacial score (nSPS) is 10.2. The van der Waals surface area contributed by atoms with E-state index in [1.54, 1.807) is 23.4 Å². The van der Waals surface area contributed by atoms with Crippen molar-refractivity contribution in [3.05, 3.63) is 53.3 Å². The first-order chi connectivity index (χ1) is 10.2. The zero-order valence-corrected chi connectivity index (χ0v) is 12.9. The second-order valence-electron chi connectivity index (χ2n) is 4.54. The summed E-state index contributed by atoms with van der Waals surface area (Å²) in [5.41, 5.74) is 2.09. The third-order valence-corrected chi connectivity index (χ3v) is 3.52. The van der Waals surface area contributed by atoms with Crippen molar-refractivity contribution in [2.24, 2.45) is 0 Å². The van der Waals surface area contributed by atoms with Crippen LogP contribution in [0.4, 0.5) is 11.4 Å². The number of nitrogens with one attached hydrogen (secondary N) is 1. The van der Waals surface area contributed by atoms with E-state index >= 15 is 0 Å². The molecule has 0 saturated heterocycles. The second-order valence-corrected chi connectivity index (χ2v) is 4.95. The van der Waals surface area contributed by atoms with Crippen molar-refractivity contribution >= 4 is 28.9 Å². The summed E-state index contributed by atoms with van der Waals surface area (Å²) in [6.45, 7) is 5.27. The summed E-state index contributed by atoms with van der Waals surface area (Å²) in [7, 11) is 0. The first-order valence-electron chi connectivity index (χ1n) is 6.91. The van der Waals surface area contributed by atoms with Gasteiger partial charge in [-0.15, -0.1) is 0 Å². The van der Waals surface area contributed by atoms with Gasteiger partial charge in [-0.05, 0) is 32.0 Å². The van der Waals surface area contributed by atoms with Crippen molar-refractivity contribution in [3.8, 4) is 0 Å². The summed E-state index contributed by atoms with van der Waals surface area (Å²) in [5.74, 6) is -0.0182. The van der Waals surface area contributed by atoms with Crippen LogP contribution in [0.25, 0.3) is 0 Å². The summed E-state index contributed by atoms with van der Waals surface area (Å²) < 4.78 is 0. The van der Waals surface area contributed by atoms with E-state index in [1.165, 1.54) is 0 Å². The molecule has 2 aromatic rings. The Kier molecular flexibility index (Phi) is 5.17. The number of para-hydroxylation sites is 1. The number of halogens is 1. The number of hydrogen-bond acceptors (Lipinski definition) is 3. The molecule has 0 saturated carbocycles. The lowest BCUT2D eigenvalue weighted by Crippen LogP contribution is -2.30. The van der Waals surface area contributed by atoms with Gasteiger partial charge in [0.2, 0.25) is 0 Å². The quantitative estimate of drug-likeness (QED) is 0.909. The Balaban J connectivity index is 2.22. The highest BCUT2D eigenvalue weighted by molar-refractivity contribution is 6.33. The van der Waals surface area contributed by atoms with Gasteiger partial charge in [-0.3, -0.25) is 9.78 Å². The molecule has 0 radical (unpaired) electrons. The van der Waals surface area contributed by atoms with Gasteiger partial charge in [0.1, 0.15) is 0 Å². The molecule has 1 aromatic heterocycles. The van der Waals surface area contributed by atoms with Gasteiger partial charge in [-0.1, -0.05) is 23.7 Å². The number of aromatic nitrogens is 1. The van der Waals surface area contributed by atoms with Gasteiger partial charge < -0.3 is 10.2 Å². The number of amides is 1. The molecule has 0 aliphatic carbocycles. The molecule has 0 bridgehead atoms. The van der Waals surface area contributed by atoms with E-state index < -0.39 is 0 Å². The first kappa shape index (κ1) is 15.3. The number of nitrogens with zero attached hydrogens (tertiary/aromatic N) is 2. The molecule has 0 unspecified atom stereocenters. The Labute approximate surface area is 129 Å². The average molecular weight is 304 g/mol. The molecule has 0 atom stereocenters. The van der Waals surface area contributed by atoms with Crippen molar-refractivity contribution in [1.82, 2.24) is 9.88 Å². The number of rotatable bonds is 5. The smallest absolute Gasteiger partial charge is 0.255 e. The standard InChI is InChI=1S/C16H18ClN3O/c1-3-20(4-2)16(21)12-9-13(11-18-10-12)19-15-8-6-5-7-14(15)17/h5-11,19H,3-4H2,1-2H3. The molecule has 1 heterocycles. The summed E-state index contributed by atoms with van der Waals surface area (Å²) in [6.07, 6.45) is 3.25. The Bertz CT molecular complexity index is 626. The number of carbonyl (C=O) groups is 1.